The fourth-order valence-electron chi connectivity index (χ4n) is 3.84. The summed E-state index contributed by atoms with van der Waals surface area (Å²) in [5, 5.41) is 12.4. The van der Waals surface area contributed by atoms with E-state index in [1.54, 1.807) is 0 Å². The van der Waals surface area contributed by atoms with Crippen LogP contribution < -0.4 is 5.32 Å². The molecule has 2 saturated carbocycles. The number of rotatable bonds is 4. The summed E-state index contributed by atoms with van der Waals surface area (Å²) in [6.45, 7) is 2.20. The SMILES string of the molecule is CCC1CCCC(NC(=O)C2CCCCC2C(=O)O)C1. The maximum atomic E-state index is 12.4. The third-order valence-corrected chi connectivity index (χ3v) is 5.13. The molecule has 4 heteroatoms. The fraction of sp³-hybridized carbons (Fsp3) is 0.875. The van der Waals surface area contributed by atoms with Crippen molar-refractivity contribution in [2.24, 2.45) is 17.8 Å². The van der Waals surface area contributed by atoms with Gasteiger partial charge in [-0.3, -0.25) is 9.59 Å². The first-order valence-electron chi connectivity index (χ1n) is 8.15. The van der Waals surface area contributed by atoms with Crippen LogP contribution in [0.15, 0.2) is 0 Å². The van der Waals surface area contributed by atoms with E-state index < -0.39 is 11.9 Å². The van der Waals surface area contributed by atoms with Gasteiger partial charge in [0.05, 0.1) is 11.8 Å². The quantitative estimate of drug-likeness (QED) is 0.832. The van der Waals surface area contributed by atoms with Crippen LogP contribution in [-0.4, -0.2) is 23.0 Å². The molecular weight excluding hydrogens is 254 g/mol. The van der Waals surface area contributed by atoms with Crippen molar-refractivity contribution in [1.29, 1.82) is 0 Å². The Balaban J connectivity index is 1.91. The lowest BCUT2D eigenvalue weighted by molar-refractivity contribution is -0.149. The second-order valence-corrected chi connectivity index (χ2v) is 6.48. The Hall–Kier alpha value is -1.06. The first kappa shape index (κ1) is 15.3. The Kier molecular flexibility index (Phi) is 5.44. The molecule has 2 aliphatic carbocycles. The lowest BCUT2D eigenvalue weighted by Crippen LogP contribution is -2.45. The number of amides is 1. The molecule has 0 saturated heterocycles. The van der Waals surface area contributed by atoms with Gasteiger partial charge in [-0.25, -0.2) is 0 Å². The monoisotopic (exact) mass is 281 g/mol. The van der Waals surface area contributed by atoms with Gasteiger partial charge in [-0.05, 0) is 31.6 Å². The van der Waals surface area contributed by atoms with Crippen molar-refractivity contribution in [1.82, 2.24) is 5.32 Å². The third kappa shape index (κ3) is 3.74. The smallest absolute Gasteiger partial charge is 0.307 e. The molecular formula is C16H27NO3. The van der Waals surface area contributed by atoms with Crippen molar-refractivity contribution in [3.63, 3.8) is 0 Å². The molecule has 0 aliphatic heterocycles. The number of hydrogen-bond donors (Lipinski definition) is 2. The van der Waals surface area contributed by atoms with E-state index in [1.807, 2.05) is 0 Å². The minimum absolute atomic E-state index is 0.0150. The molecule has 2 N–H and O–H groups in total. The Morgan fingerprint density at radius 3 is 2.40 bits per heavy atom. The van der Waals surface area contributed by atoms with Gasteiger partial charge in [0.2, 0.25) is 5.91 Å². The highest BCUT2D eigenvalue weighted by atomic mass is 16.4. The van der Waals surface area contributed by atoms with E-state index in [-0.39, 0.29) is 17.9 Å². The van der Waals surface area contributed by atoms with E-state index in [0.29, 0.717) is 6.42 Å². The highest BCUT2D eigenvalue weighted by molar-refractivity contribution is 5.85. The number of aliphatic carboxylic acids is 1. The van der Waals surface area contributed by atoms with Crippen LogP contribution in [0.25, 0.3) is 0 Å². The summed E-state index contributed by atoms with van der Waals surface area (Å²) in [4.78, 5) is 23.7. The van der Waals surface area contributed by atoms with Gasteiger partial charge in [-0.2, -0.15) is 0 Å². The van der Waals surface area contributed by atoms with E-state index in [1.165, 1.54) is 19.3 Å². The maximum Gasteiger partial charge on any atom is 0.307 e. The number of carbonyl (C=O) groups is 2. The van der Waals surface area contributed by atoms with Crippen molar-refractivity contribution >= 4 is 11.9 Å². The first-order chi connectivity index (χ1) is 9.61. The molecule has 20 heavy (non-hydrogen) atoms. The van der Waals surface area contributed by atoms with Gasteiger partial charge < -0.3 is 10.4 Å². The van der Waals surface area contributed by atoms with Gasteiger partial charge in [-0.1, -0.05) is 39.0 Å². The average Bonchev–Trinajstić information content (AvgIpc) is 2.47. The summed E-state index contributed by atoms with van der Waals surface area (Å²) >= 11 is 0. The predicted molar refractivity (Wildman–Crippen MR) is 77.3 cm³/mol. The molecule has 0 radical (unpaired) electrons. The molecule has 0 aromatic heterocycles. The number of carbonyl (C=O) groups excluding carboxylic acids is 1. The predicted octanol–water partition coefficient (Wildman–Crippen LogP) is 2.96. The minimum atomic E-state index is -0.806. The molecule has 4 atom stereocenters. The van der Waals surface area contributed by atoms with Crippen molar-refractivity contribution in [3.8, 4) is 0 Å². The van der Waals surface area contributed by atoms with Crippen LogP contribution in [0.3, 0.4) is 0 Å². The Morgan fingerprint density at radius 2 is 1.75 bits per heavy atom. The van der Waals surface area contributed by atoms with Gasteiger partial charge >= 0.3 is 5.97 Å². The standard InChI is InChI=1S/C16H27NO3/c1-2-11-6-5-7-12(10-11)17-15(18)13-8-3-4-9-14(13)16(19)20/h11-14H,2-10H2,1H3,(H,17,18)(H,19,20). The molecule has 4 nitrogen and oxygen atoms in total. The molecule has 2 rings (SSSR count). The highest BCUT2D eigenvalue weighted by Crippen LogP contribution is 2.32. The molecule has 114 valence electrons. The van der Waals surface area contributed by atoms with Gasteiger partial charge in [0, 0.05) is 6.04 Å². The number of carboxylic acid groups (broad SMARTS) is 1. The van der Waals surface area contributed by atoms with Gasteiger partial charge in [0.25, 0.3) is 0 Å². The number of carboxylic acids is 1. The second-order valence-electron chi connectivity index (χ2n) is 6.48. The Bertz CT molecular complexity index is 356. The summed E-state index contributed by atoms with van der Waals surface area (Å²) in [6, 6.07) is 0.262. The summed E-state index contributed by atoms with van der Waals surface area (Å²) in [5.41, 5.74) is 0. The lowest BCUT2D eigenvalue weighted by atomic mass is 9.78. The zero-order valence-electron chi connectivity index (χ0n) is 12.4. The molecule has 0 aromatic carbocycles. The molecule has 0 spiro atoms. The van der Waals surface area contributed by atoms with Crippen LogP contribution in [-0.2, 0) is 9.59 Å². The maximum absolute atomic E-state index is 12.4. The zero-order valence-corrected chi connectivity index (χ0v) is 12.4. The molecule has 0 bridgehead atoms. The number of nitrogens with one attached hydrogen (secondary N) is 1. The first-order valence-corrected chi connectivity index (χ1v) is 8.15. The Morgan fingerprint density at radius 1 is 1.05 bits per heavy atom. The fourth-order valence-corrected chi connectivity index (χ4v) is 3.84. The van der Waals surface area contributed by atoms with Crippen LogP contribution in [0, 0.1) is 17.8 Å². The van der Waals surface area contributed by atoms with Gasteiger partial charge in [0.1, 0.15) is 0 Å². The highest BCUT2D eigenvalue weighted by Gasteiger charge is 2.36. The van der Waals surface area contributed by atoms with Gasteiger partial charge in [0.15, 0.2) is 0 Å². The second kappa shape index (κ2) is 7.09. The van der Waals surface area contributed by atoms with Crippen LogP contribution in [0.2, 0.25) is 0 Å². The zero-order chi connectivity index (χ0) is 14.5. The number of hydrogen-bond acceptors (Lipinski definition) is 2. The van der Waals surface area contributed by atoms with E-state index in [2.05, 4.69) is 12.2 Å². The van der Waals surface area contributed by atoms with Crippen LogP contribution in [0.4, 0.5) is 0 Å². The normalized spacial score (nSPS) is 34.5. The van der Waals surface area contributed by atoms with E-state index in [4.69, 9.17) is 0 Å². The van der Waals surface area contributed by atoms with E-state index >= 15 is 0 Å². The van der Waals surface area contributed by atoms with Crippen molar-refractivity contribution in [3.05, 3.63) is 0 Å². The van der Waals surface area contributed by atoms with Crippen molar-refractivity contribution < 1.29 is 14.7 Å². The third-order valence-electron chi connectivity index (χ3n) is 5.13. The van der Waals surface area contributed by atoms with E-state index in [0.717, 1.165) is 38.0 Å². The summed E-state index contributed by atoms with van der Waals surface area (Å²) < 4.78 is 0. The molecule has 0 heterocycles. The van der Waals surface area contributed by atoms with Crippen LogP contribution in [0.1, 0.15) is 64.7 Å². The van der Waals surface area contributed by atoms with Crippen molar-refractivity contribution in [2.45, 2.75) is 70.8 Å². The van der Waals surface area contributed by atoms with Crippen molar-refractivity contribution in [2.75, 3.05) is 0 Å². The van der Waals surface area contributed by atoms with Crippen LogP contribution in [0.5, 0.6) is 0 Å². The van der Waals surface area contributed by atoms with Gasteiger partial charge in [-0.15, -0.1) is 0 Å². The summed E-state index contributed by atoms with van der Waals surface area (Å²) in [5.74, 6) is -0.896. The molecule has 1 amide bonds. The average molecular weight is 281 g/mol. The van der Waals surface area contributed by atoms with E-state index in [9.17, 15) is 14.7 Å². The lowest BCUT2D eigenvalue weighted by Gasteiger charge is -2.33. The molecule has 0 aromatic rings. The molecule has 2 fully saturated rings. The minimum Gasteiger partial charge on any atom is -0.481 e. The molecule has 4 unspecified atom stereocenters. The summed E-state index contributed by atoms with van der Waals surface area (Å²) in [7, 11) is 0. The topological polar surface area (TPSA) is 66.4 Å². The summed E-state index contributed by atoms with van der Waals surface area (Å²) in [6.07, 6.45) is 9.02. The molecule has 2 aliphatic rings. The Labute approximate surface area is 121 Å². The van der Waals surface area contributed by atoms with Crippen LogP contribution >= 0.6 is 0 Å². The largest absolute Gasteiger partial charge is 0.481 e.